The zero-order valence-corrected chi connectivity index (χ0v) is 35.0. The summed E-state index contributed by atoms with van der Waals surface area (Å²) in [5, 5.41) is 14.5. The predicted molar refractivity (Wildman–Crippen MR) is 221 cm³/mol. The van der Waals surface area contributed by atoms with Gasteiger partial charge in [0.2, 0.25) is 11.8 Å². The van der Waals surface area contributed by atoms with Crippen LogP contribution in [-0.4, -0.2) is 100 Å². The number of rotatable bonds is 12. The van der Waals surface area contributed by atoms with Crippen LogP contribution < -0.4 is 10.2 Å². The van der Waals surface area contributed by atoms with Crippen LogP contribution >= 0.6 is 13.5 Å². The van der Waals surface area contributed by atoms with Crippen molar-refractivity contribution in [1.29, 1.82) is 0 Å². The van der Waals surface area contributed by atoms with Crippen molar-refractivity contribution in [3.63, 3.8) is 0 Å². The number of ether oxygens (including phenoxy) is 1. The molecule has 55 heavy (non-hydrogen) atoms. The molecular weight excluding hydrogens is 718 g/mol. The number of aryl methyl sites for hydroxylation is 1. The summed E-state index contributed by atoms with van der Waals surface area (Å²) in [5.74, 6) is -0.286. The van der Waals surface area contributed by atoms with Gasteiger partial charge in [0.1, 0.15) is 23.0 Å². The van der Waals surface area contributed by atoms with E-state index in [-0.39, 0.29) is 63.3 Å². The van der Waals surface area contributed by atoms with Crippen molar-refractivity contribution in [1.82, 2.24) is 20.0 Å². The SMILES string of the molecule is Cc1ccc(CN(C[C@H](O)CN2CN(c3ccc(F)cc3)C3(CCN(CC4CCCCCCC4)CC3)C2=O)C(=O)C(NC(=O)OC(C)(C)C)C(C)C)cc1.S. The maximum atomic E-state index is 14.6. The third kappa shape index (κ3) is 12.1. The number of carbonyl (C=O) groups excluding carboxylic acids is 3. The maximum absolute atomic E-state index is 14.6. The molecule has 10 nitrogen and oxygen atoms in total. The largest absolute Gasteiger partial charge is 0.444 e. The minimum Gasteiger partial charge on any atom is -0.444 e. The number of hydrogen-bond donors (Lipinski definition) is 2. The van der Waals surface area contributed by atoms with Crippen LogP contribution in [0.3, 0.4) is 0 Å². The second kappa shape index (κ2) is 19.7. The summed E-state index contributed by atoms with van der Waals surface area (Å²) >= 11 is 0. The second-order valence-electron chi connectivity index (χ2n) is 17.3. The monoisotopic (exact) mass is 783 g/mol. The maximum Gasteiger partial charge on any atom is 0.408 e. The van der Waals surface area contributed by atoms with Crippen molar-refractivity contribution < 1.29 is 28.6 Å². The lowest BCUT2D eigenvalue weighted by molar-refractivity contribution is -0.138. The summed E-state index contributed by atoms with van der Waals surface area (Å²) < 4.78 is 19.6. The third-order valence-electron chi connectivity index (χ3n) is 11.3. The number of benzene rings is 2. The van der Waals surface area contributed by atoms with Crippen LogP contribution in [0, 0.1) is 24.6 Å². The third-order valence-corrected chi connectivity index (χ3v) is 11.3. The van der Waals surface area contributed by atoms with Gasteiger partial charge in [-0.25, -0.2) is 9.18 Å². The first-order valence-electron chi connectivity index (χ1n) is 20.2. The fourth-order valence-corrected chi connectivity index (χ4v) is 8.41. The molecular formula is C43H66FN5O5S. The topological polar surface area (TPSA) is 106 Å². The van der Waals surface area contributed by atoms with Crippen LogP contribution in [0.4, 0.5) is 14.9 Å². The summed E-state index contributed by atoms with van der Waals surface area (Å²) in [5.41, 5.74) is 1.21. The first kappa shape index (κ1) is 44.4. The minimum atomic E-state index is -1.07. The lowest BCUT2D eigenvalue weighted by Gasteiger charge is -2.44. The van der Waals surface area contributed by atoms with Crippen molar-refractivity contribution >= 4 is 37.1 Å². The van der Waals surface area contributed by atoms with Gasteiger partial charge >= 0.3 is 6.09 Å². The number of aliphatic hydroxyl groups is 1. The number of hydrogen-bond acceptors (Lipinski definition) is 7. The van der Waals surface area contributed by atoms with Gasteiger partial charge in [0.15, 0.2) is 0 Å². The quantitative estimate of drug-likeness (QED) is 0.239. The van der Waals surface area contributed by atoms with E-state index >= 15 is 0 Å². The van der Waals surface area contributed by atoms with E-state index in [0.717, 1.165) is 36.4 Å². The van der Waals surface area contributed by atoms with E-state index in [1.807, 2.05) is 45.0 Å². The standard InChI is InChI=1S/C43H64FN5O5.H2S/c1-31(2)38(45-41(53)54-42(4,5)6)39(51)47(27-34-16-14-32(3)15-17-34)28-37(50)29-48-30-49(36-20-18-35(44)19-21-36)43(40(48)52)22-24-46(25-23-43)26-33-12-10-8-7-9-11-13-33;/h14-21,31,33,37-38,50H,7-13,22-30H2,1-6H3,(H,45,53);1H2/t37-,38?;/m0./s1. The fraction of sp³-hybridized carbons (Fsp3) is 0.651. The molecule has 2 atom stereocenters. The van der Waals surface area contributed by atoms with E-state index in [2.05, 4.69) is 15.1 Å². The highest BCUT2D eigenvalue weighted by Crippen LogP contribution is 2.40. The van der Waals surface area contributed by atoms with Crippen LogP contribution in [-0.2, 0) is 20.9 Å². The molecule has 306 valence electrons. The number of nitrogens with zero attached hydrogens (tertiary/aromatic N) is 4. The molecule has 0 aromatic heterocycles. The lowest BCUT2D eigenvalue weighted by Crippen LogP contribution is -2.57. The van der Waals surface area contributed by atoms with E-state index in [4.69, 9.17) is 4.74 Å². The summed E-state index contributed by atoms with van der Waals surface area (Å²) in [6.45, 7) is 14.1. The lowest BCUT2D eigenvalue weighted by atomic mass is 9.84. The number of piperidine rings is 1. The number of aliphatic hydroxyl groups excluding tert-OH is 1. The highest BCUT2D eigenvalue weighted by atomic mass is 32.1. The number of β-amino-alcohol motifs (C(OH)–C–C–N with tert-alkyl or cyclic N) is 1. The van der Waals surface area contributed by atoms with Gasteiger partial charge in [-0.1, -0.05) is 75.8 Å². The Kier molecular flexibility index (Phi) is 15.9. The van der Waals surface area contributed by atoms with Crippen LogP contribution in [0.5, 0.6) is 0 Å². The first-order valence-corrected chi connectivity index (χ1v) is 20.2. The van der Waals surface area contributed by atoms with E-state index in [0.29, 0.717) is 18.8 Å². The van der Waals surface area contributed by atoms with Gasteiger partial charge < -0.3 is 34.8 Å². The Morgan fingerprint density at radius 1 is 0.982 bits per heavy atom. The summed E-state index contributed by atoms with van der Waals surface area (Å²) in [6.07, 6.45) is 8.65. The fourth-order valence-electron chi connectivity index (χ4n) is 8.41. The molecule has 1 spiro atoms. The Hall–Kier alpha value is -3.35. The molecule has 2 N–H and O–H groups in total. The Morgan fingerprint density at radius 2 is 1.58 bits per heavy atom. The molecule has 2 saturated heterocycles. The van der Waals surface area contributed by atoms with Gasteiger partial charge in [0, 0.05) is 38.4 Å². The smallest absolute Gasteiger partial charge is 0.408 e. The summed E-state index contributed by atoms with van der Waals surface area (Å²) in [4.78, 5) is 49.5. The molecule has 2 aromatic rings. The van der Waals surface area contributed by atoms with Crippen molar-refractivity contribution in [2.24, 2.45) is 11.8 Å². The van der Waals surface area contributed by atoms with Gasteiger partial charge in [-0.3, -0.25) is 9.59 Å². The molecule has 5 rings (SSSR count). The Morgan fingerprint density at radius 3 is 2.16 bits per heavy atom. The highest BCUT2D eigenvalue weighted by molar-refractivity contribution is 7.59. The summed E-state index contributed by atoms with van der Waals surface area (Å²) in [6, 6.07) is 13.3. The second-order valence-corrected chi connectivity index (χ2v) is 17.3. The van der Waals surface area contributed by atoms with Crippen molar-refractivity contribution in [3.8, 4) is 0 Å². The number of nitrogens with one attached hydrogen (secondary N) is 1. The molecule has 3 amide bonds. The molecule has 2 aliphatic heterocycles. The predicted octanol–water partition coefficient (Wildman–Crippen LogP) is 6.99. The van der Waals surface area contributed by atoms with Crippen molar-refractivity contribution in [2.75, 3.05) is 44.3 Å². The van der Waals surface area contributed by atoms with Crippen molar-refractivity contribution in [2.45, 2.75) is 129 Å². The molecule has 0 bridgehead atoms. The van der Waals surface area contributed by atoms with Gasteiger partial charge in [-0.05, 0) is 95.0 Å². The molecule has 1 saturated carbocycles. The number of halogens is 1. The molecule has 0 radical (unpaired) electrons. The zero-order valence-electron chi connectivity index (χ0n) is 34.0. The minimum absolute atomic E-state index is 0. The normalized spacial score (nSPS) is 19.4. The van der Waals surface area contributed by atoms with E-state index in [9.17, 15) is 23.9 Å². The molecule has 2 aromatic carbocycles. The van der Waals surface area contributed by atoms with E-state index in [1.54, 1.807) is 42.7 Å². The number of amides is 3. The van der Waals surface area contributed by atoms with Crippen LogP contribution in [0.15, 0.2) is 48.5 Å². The number of carbonyl (C=O) groups is 3. The van der Waals surface area contributed by atoms with Crippen LogP contribution in [0.2, 0.25) is 0 Å². The molecule has 1 aliphatic carbocycles. The molecule has 3 aliphatic rings. The number of likely N-dealkylation sites (tertiary alicyclic amines) is 1. The molecule has 1 unspecified atom stereocenters. The molecule has 3 fully saturated rings. The highest BCUT2D eigenvalue weighted by Gasteiger charge is 2.54. The Balaban J connectivity index is 0.00000673. The van der Waals surface area contributed by atoms with Gasteiger partial charge in [0.25, 0.3) is 0 Å². The zero-order chi connectivity index (χ0) is 39.0. The van der Waals surface area contributed by atoms with Crippen LogP contribution in [0.25, 0.3) is 0 Å². The number of alkyl carbamates (subject to hydrolysis) is 1. The number of anilines is 1. The Bertz CT molecular complexity index is 1540. The van der Waals surface area contributed by atoms with Crippen molar-refractivity contribution in [3.05, 3.63) is 65.5 Å². The van der Waals surface area contributed by atoms with Gasteiger partial charge in [-0.15, -0.1) is 0 Å². The van der Waals surface area contributed by atoms with E-state index < -0.39 is 29.4 Å². The summed E-state index contributed by atoms with van der Waals surface area (Å²) in [7, 11) is 0. The van der Waals surface area contributed by atoms with Gasteiger partial charge in [0.05, 0.1) is 19.3 Å². The van der Waals surface area contributed by atoms with E-state index in [1.165, 1.54) is 57.1 Å². The molecule has 12 heteroatoms. The first-order chi connectivity index (χ1) is 25.6. The Labute approximate surface area is 335 Å². The molecule has 2 heterocycles. The average molecular weight is 784 g/mol. The van der Waals surface area contributed by atoms with Crippen LogP contribution in [0.1, 0.15) is 104 Å². The van der Waals surface area contributed by atoms with Gasteiger partial charge in [-0.2, -0.15) is 13.5 Å². The average Bonchev–Trinajstić information content (AvgIpc) is 3.35.